The summed E-state index contributed by atoms with van der Waals surface area (Å²) in [6.07, 6.45) is 5.03. The Morgan fingerprint density at radius 3 is 2.95 bits per heavy atom. The average molecular weight is 297 g/mol. The largest absolute Gasteiger partial charge is 0.317 e. The van der Waals surface area contributed by atoms with Crippen molar-refractivity contribution in [3.05, 3.63) is 30.1 Å². The van der Waals surface area contributed by atoms with Crippen LogP contribution in [0.2, 0.25) is 0 Å². The smallest absolute Gasteiger partial charge is 0.214 e. The van der Waals surface area contributed by atoms with E-state index < -0.39 is 10.0 Å². The van der Waals surface area contributed by atoms with Crippen molar-refractivity contribution in [2.45, 2.75) is 31.7 Å². The van der Waals surface area contributed by atoms with Gasteiger partial charge in [0.1, 0.15) is 0 Å². The normalized spacial score (nSPS) is 20.8. The predicted molar refractivity (Wildman–Crippen MR) is 80.0 cm³/mol. The first-order valence-electron chi connectivity index (χ1n) is 7.16. The van der Waals surface area contributed by atoms with Crippen molar-refractivity contribution >= 4 is 10.0 Å². The molecule has 0 aromatic carbocycles. The molecule has 0 bridgehead atoms. The molecular formula is C14H23N3O2S. The van der Waals surface area contributed by atoms with Gasteiger partial charge in [0.2, 0.25) is 10.0 Å². The molecule has 1 unspecified atom stereocenters. The average Bonchev–Trinajstić information content (AvgIpc) is 2.74. The maximum absolute atomic E-state index is 12.4. The van der Waals surface area contributed by atoms with Crippen molar-refractivity contribution in [3.63, 3.8) is 0 Å². The van der Waals surface area contributed by atoms with E-state index in [9.17, 15) is 8.42 Å². The highest BCUT2D eigenvalue weighted by molar-refractivity contribution is 7.89. The zero-order chi connectivity index (χ0) is 14.4. The van der Waals surface area contributed by atoms with E-state index in [1.165, 1.54) is 0 Å². The van der Waals surface area contributed by atoms with Crippen molar-refractivity contribution in [1.29, 1.82) is 0 Å². The molecule has 1 aromatic rings. The van der Waals surface area contributed by atoms with Crippen molar-refractivity contribution in [1.82, 2.24) is 14.6 Å². The van der Waals surface area contributed by atoms with Gasteiger partial charge in [-0.3, -0.25) is 4.98 Å². The molecule has 5 nitrogen and oxygen atoms in total. The minimum atomic E-state index is -3.21. The second-order valence-electron chi connectivity index (χ2n) is 5.24. The van der Waals surface area contributed by atoms with Crippen LogP contribution in [0.1, 0.15) is 25.0 Å². The van der Waals surface area contributed by atoms with Crippen LogP contribution in [0.15, 0.2) is 24.4 Å². The van der Waals surface area contributed by atoms with Crippen LogP contribution in [-0.2, 0) is 16.4 Å². The Balaban J connectivity index is 1.94. The number of sulfonamides is 1. The van der Waals surface area contributed by atoms with Crippen molar-refractivity contribution in [2.24, 2.45) is 0 Å². The molecule has 1 saturated heterocycles. The summed E-state index contributed by atoms with van der Waals surface area (Å²) in [5.74, 6) is 0.129. The molecule has 20 heavy (non-hydrogen) atoms. The van der Waals surface area contributed by atoms with Gasteiger partial charge in [-0.2, -0.15) is 0 Å². The lowest BCUT2D eigenvalue weighted by Crippen LogP contribution is -2.39. The van der Waals surface area contributed by atoms with Gasteiger partial charge in [0.25, 0.3) is 0 Å². The Morgan fingerprint density at radius 2 is 2.20 bits per heavy atom. The van der Waals surface area contributed by atoms with Gasteiger partial charge >= 0.3 is 0 Å². The molecule has 112 valence electrons. The van der Waals surface area contributed by atoms with E-state index in [0.29, 0.717) is 6.42 Å². The maximum atomic E-state index is 12.4. The third-order valence-corrected chi connectivity index (χ3v) is 5.74. The van der Waals surface area contributed by atoms with Gasteiger partial charge < -0.3 is 5.32 Å². The van der Waals surface area contributed by atoms with Crippen LogP contribution in [0, 0.1) is 0 Å². The molecule has 1 fully saturated rings. The summed E-state index contributed by atoms with van der Waals surface area (Å²) < 4.78 is 26.4. The van der Waals surface area contributed by atoms with E-state index in [2.05, 4.69) is 10.3 Å². The lowest BCUT2D eigenvalue weighted by molar-refractivity contribution is 0.341. The molecule has 1 atom stereocenters. The number of pyridine rings is 1. The molecule has 0 saturated carbocycles. The van der Waals surface area contributed by atoms with Crippen molar-refractivity contribution < 1.29 is 8.42 Å². The molecule has 1 aliphatic heterocycles. The molecule has 0 radical (unpaired) electrons. The van der Waals surface area contributed by atoms with Crippen LogP contribution in [0.5, 0.6) is 0 Å². The third kappa shape index (κ3) is 4.26. The third-order valence-electron chi connectivity index (χ3n) is 3.84. The Kier molecular flexibility index (Phi) is 5.51. The number of nitrogens with one attached hydrogen (secondary N) is 1. The molecule has 6 heteroatoms. The number of nitrogens with zero attached hydrogens (tertiary/aromatic N) is 2. The van der Waals surface area contributed by atoms with Gasteiger partial charge in [0.05, 0.1) is 5.75 Å². The van der Waals surface area contributed by atoms with Gasteiger partial charge in [-0.25, -0.2) is 12.7 Å². The molecule has 0 aliphatic carbocycles. The Morgan fingerprint density at radius 1 is 1.35 bits per heavy atom. The predicted octanol–water partition coefficient (Wildman–Crippen LogP) is 1.03. The first kappa shape index (κ1) is 15.4. The van der Waals surface area contributed by atoms with E-state index in [-0.39, 0.29) is 11.8 Å². The van der Waals surface area contributed by atoms with Gasteiger partial charge in [-0.1, -0.05) is 6.07 Å². The fourth-order valence-corrected chi connectivity index (χ4v) is 3.94. The maximum Gasteiger partial charge on any atom is 0.214 e. The van der Waals surface area contributed by atoms with E-state index in [1.807, 2.05) is 18.2 Å². The highest BCUT2D eigenvalue weighted by Crippen LogP contribution is 2.16. The minimum absolute atomic E-state index is 0.124. The molecular weight excluding hydrogens is 274 g/mol. The number of rotatable bonds is 5. The summed E-state index contributed by atoms with van der Waals surface area (Å²) >= 11 is 0. The SMILES string of the molecule is CN(C1CCCNCC1)S(=O)(=O)CCc1ccccn1. The van der Waals surface area contributed by atoms with E-state index in [4.69, 9.17) is 0 Å². The van der Waals surface area contributed by atoms with E-state index in [0.717, 1.165) is 38.0 Å². The Labute approximate surface area is 121 Å². The van der Waals surface area contributed by atoms with Crippen LogP contribution in [0.25, 0.3) is 0 Å². The molecule has 1 aromatic heterocycles. The topological polar surface area (TPSA) is 62.3 Å². The number of aryl methyl sites for hydroxylation is 1. The highest BCUT2D eigenvalue weighted by Gasteiger charge is 2.26. The Bertz CT molecular complexity index is 496. The zero-order valence-corrected chi connectivity index (χ0v) is 12.8. The minimum Gasteiger partial charge on any atom is -0.317 e. The fourth-order valence-electron chi connectivity index (χ4n) is 2.51. The van der Waals surface area contributed by atoms with Crippen molar-refractivity contribution in [3.8, 4) is 0 Å². The standard InChI is InChI=1S/C14H23N3O2S/c1-17(14-6-4-9-15-11-7-14)20(18,19)12-8-13-5-2-3-10-16-13/h2-3,5,10,14-15H,4,6-9,11-12H2,1H3. The monoisotopic (exact) mass is 297 g/mol. The first-order chi connectivity index (χ1) is 9.59. The van der Waals surface area contributed by atoms with Gasteiger partial charge in [-0.05, 0) is 44.5 Å². The lowest BCUT2D eigenvalue weighted by atomic mass is 10.1. The van der Waals surface area contributed by atoms with E-state index >= 15 is 0 Å². The lowest BCUT2D eigenvalue weighted by Gasteiger charge is -2.26. The Hall–Kier alpha value is -0.980. The number of hydrogen-bond donors (Lipinski definition) is 1. The molecule has 0 amide bonds. The van der Waals surface area contributed by atoms with Crippen molar-refractivity contribution in [2.75, 3.05) is 25.9 Å². The summed E-state index contributed by atoms with van der Waals surface area (Å²) in [6, 6.07) is 5.71. The molecule has 2 heterocycles. The summed E-state index contributed by atoms with van der Waals surface area (Å²) in [4.78, 5) is 4.18. The summed E-state index contributed by atoms with van der Waals surface area (Å²) in [6.45, 7) is 1.88. The molecule has 0 spiro atoms. The zero-order valence-electron chi connectivity index (χ0n) is 12.0. The molecule has 1 aliphatic rings. The summed E-state index contributed by atoms with van der Waals surface area (Å²) in [7, 11) is -1.50. The van der Waals surface area contributed by atoms with Gasteiger partial charge in [0, 0.05) is 31.4 Å². The number of hydrogen-bond acceptors (Lipinski definition) is 4. The van der Waals surface area contributed by atoms with Crippen LogP contribution >= 0.6 is 0 Å². The number of aromatic nitrogens is 1. The van der Waals surface area contributed by atoms with Gasteiger partial charge in [0.15, 0.2) is 0 Å². The van der Waals surface area contributed by atoms with Crippen LogP contribution in [-0.4, -0.2) is 49.6 Å². The van der Waals surface area contributed by atoms with E-state index in [1.54, 1.807) is 17.5 Å². The second kappa shape index (κ2) is 7.15. The highest BCUT2D eigenvalue weighted by atomic mass is 32.2. The molecule has 2 rings (SSSR count). The van der Waals surface area contributed by atoms with Crippen LogP contribution in [0.4, 0.5) is 0 Å². The van der Waals surface area contributed by atoms with Crippen LogP contribution in [0.3, 0.4) is 0 Å². The van der Waals surface area contributed by atoms with Crippen LogP contribution < -0.4 is 5.32 Å². The fraction of sp³-hybridized carbons (Fsp3) is 0.643. The quantitative estimate of drug-likeness (QED) is 0.882. The summed E-state index contributed by atoms with van der Waals surface area (Å²) in [5.41, 5.74) is 0.826. The molecule has 1 N–H and O–H groups in total. The van der Waals surface area contributed by atoms with Gasteiger partial charge in [-0.15, -0.1) is 0 Å². The summed E-state index contributed by atoms with van der Waals surface area (Å²) in [5, 5.41) is 3.31. The second-order valence-corrected chi connectivity index (χ2v) is 7.39. The first-order valence-corrected chi connectivity index (χ1v) is 8.77.